The maximum absolute atomic E-state index is 12.8. The highest BCUT2D eigenvalue weighted by Gasteiger charge is 2.52. The van der Waals surface area contributed by atoms with Crippen molar-refractivity contribution in [2.24, 2.45) is 0 Å². The Morgan fingerprint density at radius 1 is 0.952 bits per heavy atom. The summed E-state index contributed by atoms with van der Waals surface area (Å²) in [5.41, 5.74) is -1.44. The van der Waals surface area contributed by atoms with Gasteiger partial charge in [-0.3, -0.25) is 9.59 Å². The van der Waals surface area contributed by atoms with E-state index in [2.05, 4.69) is 12.2 Å². The molecule has 0 spiro atoms. The van der Waals surface area contributed by atoms with E-state index in [9.17, 15) is 9.59 Å². The van der Waals surface area contributed by atoms with Gasteiger partial charge in [-0.2, -0.15) is 0 Å². The summed E-state index contributed by atoms with van der Waals surface area (Å²) in [5.74, 6) is 0.0620. The van der Waals surface area contributed by atoms with Gasteiger partial charge in [-0.25, -0.2) is 0 Å². The van der Waals surface area contributed by atoms with E-state index >= 15 is 0 Å². The molecule has 122 valence electrons. The topological polar surface area (TPSA) is 49.4 Å². The first kappa shape index (κ1) is 18.0. The number of piperazine rings is 1. The number of carbonyl (C=O) groups is 2. The SMILES string of the molecule is CCCCCCCN1C(=O)C(C)(CC)NC(=O)C1(C)CC. The Kier molecular flexibility index (Phi) is 6.24. The van der Waals surface area contributed by atoms with E-state index in [0.29, 0.717) is 19.4 Å². The molecule has 2 atom stereocenters. The molecule has 0 aromatic heterocycles. The van der Waals surface area contributed by atoms with E-state index in [1.807, 2.05) is 32.6 Å². The van der Waals surface area contributed by atoms with Crippen molar-refractivity contribution in [1.29, 1.82) is 0 Å². The van der Waals surface area contributed by atoms with Crippen LogP contribution in [0.15, 0.2) is 0 Å². The maximum atomic E-state index is 12.8. The zero-order valence-corrected chi connectivity index (χ0v) is 14.4. The molecule has 1 heterocycles. The van der Waals surface area contributed by atoms with Crippen LogP contribution in [0, 0.1) is 0 Å². The summed E-state index contributed by atoms with van der Waals surface area (Å²) in [6.45, 7) is 10.5. The molecular weight excluding hydrogens is 264 g/mol. The molecule has 1 fully saturated rings. The predicted molar refractivity (Wildman–Crippen MR) is 86.0 cm³/mol. The monoisotopic (exact) mass is 296 g/mol. The second-order valence-corrected chi connectivity index (χ2v) is 6.64. The summed E-state index contributed by atoms with van der Waals surface area (Å²) < 4.78 is 0. The highest BCUT2D eigenvalue weighted by molar-refractivity contribution is 6.01. The molecule has 0 radical (unpaired) electrons. The van der Waals surface area contributed by atoms with Crippen LogP contribution < -0.4 is 5.32 Å². The van der Waals surface area contributed by atoms with Gasteiger partial charge in [0.25, 0.3) is 0 Å². The minimum absolute atomic E-state index is 0.0116. The van der Waals surface area contributed by atoms with Gasteiger partial charge in [0, 0.05) is 6.54 Å². The van der Waals surface area contributed by atoms with Crippen LogP contribution in [0.2, 0.25) is 0 Å². The largest absolute Gasteiger partial charge is 0.340 e. The average Bonchev–Trinajstić information content (AvgIpc) is 2.48. The summed E-state index contributed by atoms with van der Waals surface area (Å²) in [5, 5.41) is 2.94. The van der Waals surface area contributed by atoms with Crippen molar-refractivity contribution in [3.05, 3.63) is 0 Å². The molecule has 1 N–H and O–H groups in total. The Morgan fingerprint density at radius 2 is 1.57 bits per heavy atom. The van der Waals surface area contributed by atoms with Crippen molar-refractivity contribution in [2.45, 2.75) is 90.6 Å². The summed E-state index contributed by atoms with van der Waals surface area (Å²) >= 11 is 0. The first-order valence-corrected chi connectivity index (χ1v) is 8.50. The third kappa shape index (κ3) is 3.58. The number of unbranched alkanes of at least 4 members (excludes halogenated alkanes) is 4. The fraction of sp³-hybridized carbons (Fsp3) is 0.882. The van der Waals surface area contributed by atoms with E-state index < -0.39 is 11.1 Å². The molecule has 1 rings (SSSR count). The molecule has 0 bridgehead atoms. The third-order valence-corrected chi connectivity index (χ3v) is 5.07. The van der Waals surface area contributed by atoms with E-state index in [1.54, 1.807) is 0 Å². The first-order valence-electron chi connectivity index (χ1n) is 8.50. The minimum atomic E-state index is -0.741. The van der Waals surface area contributed by atoms with Crippen molar-refractivity contribution in [1.82, 2.24) is 10.2 Å². The normalized spacial score (nSPS) is 29.7. The van der Waals surface area contributed by atoms with Crippen LogP contribution in [0.4, 0.5) is 0 Å². The van der Waals surface area contributed by atoms with Gasteiger partial charge in [0.05, 0.1) is 0 Å². The smallest absolute Gasteiger partial charge is 0.248 e. The predicted octanol–water partition coefficient (Wildman–Crippen LogP) is 3.25. The van der Waals surface area contributed by atoms with Gasteiger partial charge in [-0.05, 0) is 33.1 Å². The average molecular weight is 296 g/mol. The van der Waals surface area contributed by atoms with Gasteiger partial charge in [0.15, 0.2) is 0 Å². The van der Waals surface area contributed by atoms with Crippen molar-refractivity contribution >= 4 is 11.8 Å². The van der Waals surface area contributed by atoms with Crippen LogP contribution in [0.5, 0.6) is 0 Å². The standard InChI is InChI=1S/C17H32N2O2/c1-6-9-10-11-12-13-19-15(21)16(4,7-2)18-14(20)17(19,5)8-3/h6-13H2,1-5H3,(H,18,20). The van der Waals surface area contributed by atoms with Crippen LogP contribution in [0.25, 0.3) is 0 Å². The van der Waals surface area contributed by atoms with Crippen LogP contribution >= 0.6 is 0 Å². The van der Waals surface area contributed by atoms with Gasteiger partial charge in [0.2, 0.25) is 11.8 Å². The molecule has 1 aliphatic heterocycles. The molecule has 0 saturated carbocycles. The zero-order chi connectivity index (χ0) is 16.1. The van der Waals surface area contributed by atoms with E-state index in [1.165, 1.54) is 19.3 Å². The summed E-state index contributed by atoms with van der Waals surface area (Å²) in [7, 11) is 0. The van der Waals surface area contributed by atoms with Crippen molar-refractivity contribution < 1.29 is 9.59 Å². The van der Waals surface area contributed by atoms with Gasteiger partial charge in [-0.1, -0.05) is 46.5 Å². The lowest BCUT2D eigenvalue weighted by molar-refractivity contribution is -0.162. The number of hydrogen-bond donors (Lipinski definition) is 1. The van der Waals surface area contributed by atoms with Crippen molar-refractivity contribution in [3.63, 3.8) is 0 Å². The summed E-state index contributed by atoms with van der Waals surface area (Å²) in [6.07, 6.45) is 7.05. The molecule has 0 aliphatic carbocycles. The molecule has 1 saturated heterocycles. The van der Waals surface area contributed by atoms with Gasteiger partial charge in [0.1, 0.15) is 11.1 Å². The Bertz CT molecular complexity index is 383. The zero-order valence-electron chi connectivity index (χ0n) is 14.4. The number of amides is 2. The van der Waals surface area contributed by atoms with Crippen LogP contribution in [-0.4, -0.2) is 34.3 Å². The minimum Gasteiger partial charge on any atom is -0.340 e. The van der Waals surface area contributed by atoms with Crippen LogP contribution in [-0.2, 0) is 9.59 Å². The number of rotatable bonds is 8. The van der Waals surface area contributed by atoms with E-state index in [0.717, 1.165) is 12.8 Å². The quantitative estimate of drug-likeness (QED) is 0.699. The Balaban J connectivity index is 2.82. The number of nitrogens with one attached hydrogen (secondary N) is 1. The molecule has 4 heteroatoms. The fourth-order valence-electron chi connectivity index (χ4n) is 2.90. The second kappa shape index (κ2) is 7.28. The molecule has 1 aliphatic rings. The van der Waals surface area contributed by atoms with E-state index in [4.69, 9.17) is 0 Å². The molecule has 2 amide bonds. The lowest BCUT2D eigenvalue weighted by Gasteiger charge is -2.50. The summed E-state index contributed by atoms with van der Waals surface area (Å²) in [6, 6.07) is 0. The van der Waals surface area contributed by atoms with Gasteiger partial charge < -0.3 is 10.2 Å². The molecule has 2 unspecified atom stereocenters. The third-order valence-electron chi connectivity index (χ3n) is 5.07. The summed E-state index contributed by atoms with van der Waals surface area (Å²) in [4.78, 5) is 27.2. The lowest BCUT2D eigenvalue weighted by Crippen LogP contribution is -2.73. The van der Waals surface area contributed by atoms with Crippen LogP contribution in [0.1, 0.15) is 79.6 Å². The molecule has 0 aromatic rings. The Morgan fingerprint density at radius 3 is 2.10 bits per heavy atom. The van der Waals surface area contributed by atoms with Gasteiger partial charge >= 0.3 is 0 Å². The number of hydrogen-bond acceptors (Lipinski definition) is 2. The lowest BCUT2D eigenvalue weighted by atomic mass is 9.84. The highest BCUT2D eigenvalue weighted by atomic mass is 16.2. The Hall–Kier alpha value is -1.06. The molecule has 4 nitrogen and oxygen atoms in total. The number of nitrogens with zero attached hydrogens (tertiary/aromatic N) is 1. The van der Waals surface area contributed by atoms with Gasteiger partial charge in [-0.15, -0.1) is 0 Å². The van der Waals surface area contributed by atoms with E-state index in [-0.39, 0.29) is 11.8 Å². The Labute approximate surface area is 129 Å². The molecule has 0 aromatic carbocycles. The number of carbonyl (C=O) groups excluding carboxylic acids is 2. The second-order valence-electron chi connectivity index (χ2n) is 6.64. The molecule has 21 heavy (non-hydrogen) atoms. The van der Waals surface area contributed by atoms with Crippen molar-refractivity contribution in [2.75, 3.05) is 6.54 Å². The first-order chi connectivity index (χ1) is 9.85. The fourth-order valence-corrected chi connectivity index (χ4v) is 2.90. The maximum Gasteiger partial charge on any atom is 0.248 e. The van der Waals surface area contributed by atoms with Crippen LogP contribution in [0.3, 0.4) is 0 Å². The molecular formula is C17H32N2O2. The van der Waals surface area contributed by atoms with Crippen molar-refractivity contribution in [3.8, 4) is 0 Å². The highest BCUT2D eigenvalue weighted by Crippen LogP contribution is 2.31.